The lowest BCUT2D eigenvalue weighted by atomic mass is 9.81. The van der Waals surface area contributed by atoms with Gasteiger partial charge in [0.15, 0.2) is 6.10 Å². The van der Waals surface area contributed by atoms with Crippen molar-refractivity contribution in [1.29, 1.82) is 0 Å². The van der Waals surface area contributed by atoms with Gasteiger partial charge < -0.3 is 19.5 Å². The minimum atomic E-state index is -1.17. The Kier molecular flexibility index (Phi) is 11.1. The Bertz CT molecular complexity index is 1570. The number of hydrogen-bond donors (Lipinski definition) is 1. The van der Waals surface area contributed by atoms with Gasteiger partial charge in [-0.15, -0.1) is 0 Å². The lowest BCUT2D eigenvalue weighted by Crippen LogP contribution is -2.40. The van der Waals surface area contributed by atoms with Crippen LogP contribution in [0.2, 0.25) is 0 Å². The van der Waals surface area contributed by atoms with Gasteiger partial charge in [-0.25, -0.2) is 9.18 Å². The number of carboxylic acid groups (broad SMARTS) is 1. The van der Waals surface area contributed by atoms with Crippen molar-refractivity contribution in [2.45, 2.75) is 106 Å². The summed E-state index contributed by atoms with van der Waals surface area (Å²) in [5.41, 5.74) is 6.06. The normalized spacial score (nSPS) is 18.7. The molecule has 266 valence electrons. The van der Waals surface area contributed by atoms with Crippen molar-refractivity contribution in [2.75, 3.05) is 37.7 Å². The van der Waals surface area contributed by atoms with Crippen molar-refractivity contribution in [3.8, 4) is 16.9 Å². The molecule has 1 aromatic heterocycles. The molecule has 0 amide bonds. The summed E-state index contributed by atoms with van der Waals surface area (Å²) in [4.78, 5) is 23.2. The third-order valence-corrected chi connectivity index (χ3v) is 10.2. The van der Waals surface area contributed by atoms with E-state index in [2.05, 4.69) is 49.6 Å². The summed E-state index contributed by atoms with van der Waals surface area (Å²) < 4.78 is 25.8. The number of pyridine rings is 1. The van der Waals surface area contributed by atoms with Gasteiger partial charge in [-0.3, -0.25) is 9.88 Å². The topological polar surface area (TPSA) is 75.1 Å². The van der Waals surface area contributed by atoms with Crippen LogP contribution in [0.5, 0.6) is 5.75 Å². The Hall–Kier alpha value is -3.49. The van der Waals surface area contributed by atoms with Crippen LogP contribution in [0, 0.1) is 23.6 Å². The zero-order valence-electron chi connectivity index (χ0n) is 30.9. The molecule has 7 nitrogen and oxygen atoms in total. The number of carboxylic acids is 1. The summed E-state index contributed by atoms with van der Waals surface area (Å²) in [5, 5.41) is 10.7. The molecule has 8 heteroatoms. The molecule has 0 bridgehead atoms. The second kappa shape index (κ2) is 14.8. The molecule has 2 saturated heterocycles. The molecule has 3 heterocycles. The van der Waals surface area contributed by atoms with Crippen molar-refractivity contribution in [3.63, 3.8) is 0 Å². The lowest BCUT2D eigenvalue weighted by Gasteiger charge is -2.42. The quantitative estimate of drug-likeness (QED) is 0.218. The summed E-state index contributed by atoms with van der Waals surface area (Å²) >= 11 is 0. The molecule has 0 saturated carbocycles. The highest BCUT2D eigenvalue weighted by Crippen LogP contribution is 2.46. The number of halogens is 1. The smallest absolute Gasteiger partial charge is 0.337 e. The van der Waals surface area contributed by atoms with E-state index in [1.807, 2.05) is 39.8 Å². The second-order valence-corrected chi connectivity index (χ2v) is 16.6. The first-order valence-corrected chi connectivity index (χ1v) is 17.9. The molecule has 1 atom stereocenters. The summed E-state index contributed by atoms with van der Waals surface area (Å²) in [6, 6.07) is 14.6. The minimum absolute atomic E-state index is 0.212. The highest BCUT2D eigenvalue weighted by atomic mass is 19.1. The first-order chi connectivity index (χ1) is 23.0. The third-order valence-electron chi connectivity index (χ3n) is 10.2. The first-order valence-electron chi connectivity index (χ1n) is 17.9. The van der Waals surface area contributed by atoms with E-state index in [1.165, 1.54) is 12.1 Å². The van der Waals surface area contributed by atoms with Crippen LogP contribution >= 0.6 is 0 Å². The fraction of sp³-hybridized carbons (Fsp3) is 0.561. The lowest BCUT2D eigenvalue weighted by molar-refractivity contribution is -0.160. The number of hydrogen-bond acceptors (Lipinski definition) is 6. The van der Waals surface area contributed by atoms with Crippen molar-refractivity contribution in [1.82, 2.24) is 9.88 Å². The monoisotopic (exact) mass is 673 g/mol. The number of likely N-dealkylation sites (tertiary alicyclic amines) is 1. The number of nitrogens with zero attached hydrogens (tertiary/aromatic N) is 3. The predicted octanol–water partition coefficient (Wildman–Crippen LogP) is 9.01. The zero-order chi connectivity index (χ0) is 35.6. The number of piperidine rings is 2. The van der Waals surface area contributed by atoms with E-state index in [-0.39, 0.29) is 11.2 Å². The summed E-state index contributed by atoms with van der Waals surface area (Å²) in [6.45, 7) is 21.7. The third kappa shape index (κ3) is 9.61. The van der Waals surface area contributed by atoms with Crippen LogP contribution < -0.4 is 9.64 Å². The number of anilines is 1. The SMILES string of the molecule is Cc1nc(CN2CCC(C)(C)CC2)c(-c2ccc(OCCc3ccc(F)cc3)cc2)c(N2CCC(C)(C)CC2)c1[C@H](OC(C)(C)C)C(=O)O. The van der Waals surface area contributed by atoms with Crippen LogP contribution in [0.15, 0.2) is 48.5 Å². The predicted molar refractivity (Wildman–Crippen MR) is 195 cm³/mol. The Morgan fingerprint density at radius 2 is 1.49 bits per heavy atom. The zero-order valence-corrected chi connectivity index (χ0v) is 30.9. The minimum Gasteiger partial charge on any atom is -0.493 e. The fourth-order valence-electron chi connectivity index (χ4n) is 6.93. The van der Waals surface area contributed by atoms with Gasteiger partial charge in [-0.2, -0.15) is 0 Å². The summed E-state index contributed by atoms with van der Waals surface area (Å²) in [5.74, 6) is -0.517. The Balaban J connectivity index is 1.59. The highest BCUT2D eigenvalue weighted by molar-refractivity contribution is 5.88. The first kappa shape index (κ1) is 36.8. The van der Waals surface area contributed by atoms with Gasteiger partial charge in [0.2, 0.25) is 0 Å². The molecule has 0 aliphatic carbocycles. The molecule has 5 rings (SSSR count). The largest absolute Gasteiger partial charge is 0.493 e. The van der Waals surface area contributed by atoms with E-state index >= 15 is 0 Å². The average molecular weight is 674 g/mol. The number of carbonyl (C=O) groups is 1. The maximum atomic E-state index is 13.3. The molecule has 0 radical (unpaired) electrons. The van der Waals surface area contributed by atoms with Crippen LogP contribution in [0.1, 0.15) is 103 Å². The Morgan fingerprint density at radius 1 is 0.918 bits per heavy atom. The van der Waals surface area contributed by atoms with Gasteiger partial charge in [-0.1, -0.05) is 52.0 Å². The molecular weight excluding hydrogens is 617 g/mol. The highest BCUT2D eigenvalue weighted by Gasteiger charge is 2.37. The maximum absolute atomic E-state index is 13.3. The molecule has 2 aliphatic rings. The van der Waals surface area contributed by atoms with E-state index < -0.39 is 17.7 Å². The Morgan fingerprint density at radius 3 is 2.04 bits per heavy atom. The number of aromatic nitrogens is 1. The van der Waals surface area contributed by atoms with Crippen molar-refractivity contribution >= 4 is 11.7 Å². The van der Waals surface area contributed by atoms with Crippen LogP contribution in [0.4, 0.5) is 10.1 Å². The molecule has 1 N–H and O–H groups in total. The molecular formula is C41H56FN3O4. The van der Waals surface area contributed by atoms with Crippen LogP contribution in [-0.4, -0.2) is 59.3 Å². The van der Waals surface area contributed by atoms with Gasteiger partial charge in [0.25, 0.3) is 0 Å². The van der Waals surface area contributed by atoms with E-state index in [0.29, 0.717) is 36.2 Å². The van der Waals surface area contributed by atoms with Gasteiger partial charge in [0.05, 0.1) is 23.6 Å². The van der Waals surface area contributed by atoms with Crippen LogP contribution in [0.25, 0.3) is 11.1 Å². The number of benzene rings is 2. The molecule has 2 aromatic carbocycles. The Labute approximate surface area is 292 Å². The molecule has 0 spiro atoms. The molecule has 0 unspecified atom stereocenters. The van der Waals surface area contributed by atoms with Crippen molar-refractivity contribution in [2.24, 2.45) is 10.8 Å². The van der Waals surface area contributed by atoms with E-state index in [9.17, 15) is 14.3 Å². The standard InChI is InChI=1S/C41H56FN3O4/c1-28-34(37(38(46)47)49-39(2,3)4)36(45-24-20-41(7,8)21-25-45)35(33(43-28)27-44-22-18-40(5,6)19-23-44)30-11-15-32(16-12-30)48-26-17-29-9-13-31(42)14-10-29/h9-16,37H,17-27H2,1-8H3,(H,46,47)/t37-/m0/s1. The number of ether oxygens (including phenoxy) is 2. The van der Waals surface area contributed by atoms with Gasteiger partial charge in [-0.05, 0) is 113 Å². The molecule has 2 aliphatic heterocycles. The summed E-state index contributed by atoms with van der Waals surface area (Å²) in [7, 11) is 0. The van der Waals surface area contributed by atoms with Crippen molar-refractivity contribution in [3.05, 3.63) is 76.9 Å². The number of aryl methyl sites for hydroxylation is 1. The number of aliphatic carboxylic acids is 1. The fourth-order valence-corrected chi connectivity index (χ4v) is 6.93. The average Bonchev–Trinajstić information content (AvgIpc) is 3.02. The van der Waals surface area contributed by atoms with Crippen LogP contribution in [0.3, 0.4) is 0 Å². The van der Waals surface area contributed by atoms with Gasteiger partial charge in [0, 0.05) is 42.9 Å². The van der Waals surface area contributed by atoms with Gasteiger partial charge in [0.1, 0.15) is 11.6 Å². The molecule has 3 aromatic rings. The number of rotatable bonds is 11. The van der Waals surface area contributed by atoms with E-state index in [1.54, 1.807) is 12.1 Å². The maximum Gasteiger partial charge on any atom is 0.337 e. The summed E-state index contributed by atoms with van der Waals surface area (Å²) in [6.07, 6.45) is 3.75. The molecule has 49 heavy (non-hydrogen) atoms. The van der Waals surface area contributed by atoms with Gasteiger partial charge >= 0.3 is 5.97 Å². The van der Waals surface area contributed by atoms with E-state index in [4.69, 9.17) is 14.5 Å². The van der Waals surface area contributed by atoms with Crippen LogP contribution in [-0.2, 0) is 22.5 Å². The van der Waals surface area contributed by atoms with Crippen molar-refractivity contribution < 1.29 is 23.8 Å². The second-order valence-electron chi connectivity index (χ2n) is 16.6. The van der Waals surface area contributed by atoms with E-state index in [0.717, 1.165) is 85.7 Å². The molecule has 2 fully saturated rings.